The molecule has 0 saturated heterocycles. The highest BCUT2D eigenvalue weighted by Crippen LogP contribution is 2.37. The Bertz CT molecular complexity index is 724. The lowest BCUT2D eigenvalue weighted by Crippen LogP contribution is -2.13. The van der Waals surface area contributed by atoms with E-state index in [0.29, 0.717) is 11.5 Å². The fraction of sp³-hybridized carbons (Fsp3) is 0.556. The molecule has 4 heteroatoms. The molecule has 0 atom stereocenters. The second-order valence-electron chi connectivity index (χ2n) is 8.65. The summed E-state index contributed by atoms with van der Waals surface area (Å²) in [5.74, 6) is 0.655. The van der Waals surface area contributed by atoms with Crippen molar-refractivity contribution in [3.8, 4) is 0 Å². The van der Waals surface area contributed by atoms with Crippen LogP contribution in [0.2, 0.25) is 0 Å². The fourth-order valence-corrected chi connectivity index (χ4v) is 4.14. The van der Waals surface area contributed by atoms with Crippen molar-refractivity contribution in [2.24, 2.45) is 5.92 Å². The van der Waals surface area contributed by atoms with Crippen molar-refractivity contribution in [1.29, 1.82) is 0 Å². The van der Waals surface area contributed by atoms with Gasteiger partial charge in [-0.15, -0.1) is 0 Å². The van der Waals surface area contributed by atoms with Crippen molar-refractivity contribution in [1.82, 2.24) is 0 Å². The number of hydrogen-bond acceptors (Lipinski definition) is 4. The first-order chi connectivity index (χ1) is 15.0. The van der Waals surface area contributed by atoms with Crippen LogP contribution in [0.1, 0.15) is 88.7 Å². The number of esters is 2. The minimum atomic E-state index is -0.479. The molecule has 1 saturated carbocycles. The summed E-state index contributed by atoms with van der Waals surface area (Å²) in [7, 11) is 0. The minimum Gasteiger partial charge on any atom is -0.459 e. The van der Waals surface area contributed by atoms with Gasteiger partial charge in [0.1, 0.15) is 13.2 Å². The third-order valence-corrected chi connectivity index (χ3v) is 6.04. The number of carbonyl (C=O) groups excluding carboxylic acids is 2. The van der Waals surface area contributed by atoms with Gasteiger partial charge >= 0.3 is 11.9 Å². The van der Waals surface area contributed by atoms with E-state index in [9.17, 15) is 9.59 Å². The van der Waals surface area contributed by atoms with Gasteiger partial charge in [-0.3, -0.25) is 0 Å². The van der Waals surface area contributed by atoms with Gasteiger partial charge in [-0.25, -0.2) is 9.59 Å². The van der Waals surface area contributed by atoms with E-state index in [1.165, 1.54) is 69.4 Å². The maximum absolute atomic E-state index is 11.8. The standard InChI is InChI=1S/C27H38O4/c1-4-5-6-7-8-22-9-14-24(15-10-22)25-16-11-23(12-17-25)13-18-26(28)30-19-20-31-27(29)21(2)3/h11-13,16-18,22,24H,2,4-10,14-15,19-20H2,1,3H3/b18-13+/t22-,24-. The summed E-state index contributed by atoms with van der Waals surface area (Å²) in [6.45, 7) is 7.39. The number of rotatable bonds is 12. The molecule has 2 rings (SSSR count). The molecule has 1 fully saturated rings. The molecule has 1 aliphatic carbocycles. The van der Waals surface area contributed by atoms with E-state index in [0.717, 1.165) is 11.5 Å². The van der Waals surface area contributed by atoms with Crippen LogP contribution in [0, 0.1) is 5.92 Å². The SMILES string of the molecule is C=C(C)C(=O)OCCOC(=O)/C=C/c1ccc([C@H]2CC[C@H](CCCCCC)CC2)cc1. The molecule has 1 aromatic rings. The second-order valence-corrected chi connectivity index (χ2v) is 8.65. The summed E-state index contributed by atoms with van der Waals surface area (Å²) in [6, 6.07) is 8.50. The van der Waals surface area contributed by atoms with E-state index >= 15 is 0 Å². The summed E-state index contributed by atoms with van der Waals surface area (Å²) < 4.78 is 9.91. The monoisotopic (exact) mass is 426 g/mol. The molecule has 31 heavy (non-hydrogen) atoms. The highest BCUT2D eigenvalue weighted by Gasteiger charge is 2.21. The molecule has 1 aliphatic rings. The van der Waals surface area contributed by atoms with Crippen molar-refractivity contribution < 1.29 is 19.1 Å². The van der Waals surface area contributed by atoms with Crippen LogP contribution in [-0.4, -0.2) is 25.2 Å². The maximum atomic E-state index is 11.8. The first-order valence-electron chi connectivity index (χ1n) is 11.8. The van der Waals surface area contributed by atoms with Crippen LogP contribution >= 0.6 is 0 Å². The van der Waals surface area contributed by atoms with Crippen molar-refractivity contribution in [3.63, 3.8) is 0 Å². The molecule has 0 N–H and O–H groups in total. The molecule has 1 aromatic carbocycles. The topological polar surface area (TPSA) is 52.6 Å². The Kier molecular flexibility index (Phi) is 11.1. The summed E-state index contributed by atoms with van der Waals surface area (Å²) in [4.78, 5) is 23.0. The van der Waals surface area contributed by atoms with Crippen LogP contribution in [0.4, 0.5) is 0 Å². The molecular formula is C27H38O4. The lowest BCUT2D eigenvalue weighted by atomic mass is 9.77. The Labute approximate surface area is 187 Å². The Morgan fingerprint density at radius 2 is 1.68 bits per heavy atom. The van der Waals surface area contributed by atoms with Crippen LogP contribution in [0.3, 0.4) is 0 Å². The average molecular weight is 427 g/mol. The predicted molar refractivity (Wildman–Crippen MR) is 126 cm³/mol. The van der Waals surface area contributed by atoms with Crippen LogP contribution in [0.15, 0.2) is 42.5 Å². The van der Waals surface area contributed by atoms with Crippen molar-refractivity contribution in [2.45, 2.75) is 77.6 Å². The molecule has 0 amide bonds. The molecule has 0 radical (unpaired) electrons. The van der Waals surface area contributed by atoms with Crippen LogP contribution < -0.4 is 0 Å². The Morgan fingerprint density at radius 1 is 1.00 bits per heavy atom. The van der Waals surface area contributed by atoms with Gasteiger partial charge in [0.15, 0.2) is 0 Å². The van der Waals surface area contributed by atoms with Gasteiger partial charge in [0.25, 0.3) is 0 Å². The number of ether oxygens (including phenoxy) is 2. The Balaban J connectivity index is 1.69. The predicted octanol–water partition coefficient (Wildman–Crippen LogP) is 6.61. The normalized spacial score (nSPS) is 18.6. The number of hydrogen-bond donors (Lipinski definition) is 0. The molecule has 0 bridgehead atoms. The molecule has 4 nitrogen and oxygen atoms in total. The molecule has 0 unspecified atom stereocenters. The zero-order valence-electron chi connectivity index (χ0n) is 19.2. The third-order valence-electron chi connectivity index (χ3n) is 6.04. The number of benzene rings is 1. The van der Waals surface area contributed by atoms with Crippen LogP contribution in [0.25, 0.3) is 6.08 Å². The second kappa shape index (κ2) is 13.8. The van der Waals surface area contributed by atoms with Crippen LogP contribution in [0.5, 0.6) is 0 Å². The fourth-order valence-electron chi connectivity index (χ4n) is 4.14. The minimum absolute atomic E-state index is 0.0287. The number of carbonyl (C=O) groups is 2. The molecule has 170 valence electrons. The van der Waals surface area contributed by atoms with Crippen molar-refractivity contribution in [2.75, 3.05) is 13.2 Å². The average Bonchev–Trinajstić information content (AvgIpc) is 2.79. The van der Waals surface area contributed by atoms with Crippen LogP contribution in [-0.2, 0) is 19.1 Å². The van der Waals surface area contributed by atoms with E-state index in [-0.39, 0.29) is 13.2 Å². The first kappa shape index (κ1) is 24.9. The van der Waals surface area contributed by atoms with Crippen molar-refractivity contribution >= 4 is 18.0 Å². The van der Waals surface area contributed by atoms with Crippen molar-refractivity contribution in [3.05, 3.63) is 53.6 Å². The highest BCUT2D eigenvalue weighted by molar-refractivity contribution is 5.87. The summed E-state index contributed by atoms with van der Waals surface area (Å²) in [5, 5.41) is 0. The molecule has 0 heterocycles. The van der Waals surface area contributed by atoms with E-state index in [2.05, 4.69) is 37.8 Å². The van der Waals surface area contributed by atoms with E-state index in [4.69, 9.17) is 9.47 Å². The third kappa shape index (κ3) is 9.54. The Morgan fingerprint density at radius 3 is 2.32 bits per heavy atom. The van der Waals surface area contributed by atoms with E-state index < -0.39 is 11.9 Å². The van der Waals surface area contributed by atoms with Gasteiger partial charge in [0.2, 0.25) is 0 Å². The molecular weight excluding hydrogens is 388 g/mol. The van der Waals surface area contributed by atoms with Gasteiger partial charge in [0, 0.05) is 11.6 Å². The van der Waals surface area contributed by atoms with E-state index in [1.54, 1.807) is 13.0 Å². The van der Waals surface area contributed by atoms with Gasteiger partial charge in [-0.1, -0.05) is 69.9 Å². The summed E-state index contributed by atoms with van der Waals surface area (Å²) in [5.41, 5.74) is 2.70. The Hall–Kier alpha value is -2.36. The zero-order chi connectivity index (χ0) is 22.5. The van der Waals surface area contributed by atoms with E-state index in [1.807, 2.05) is 0 Å². The van der Waals surface area contributed by atoms with Gasteiger partial charge in [0.05, 0.1) is 0 Å². The van der Waals surface area contributed by atoms with Gasteiger partial charge in [-0.05, 0) is 61.6 Å². The molecule has 0 spiro atoms. The summed E-state index contributed by atoms with van der Waals surface area (Å²) >= 11 is 0. The quantitative estimate of drug-likeness (QED) is 0.214. The number of unbranched alkanes of at least 4 members (excludes halogenated alkanes) is 3. The lowest BCUT2D eigenvalue weighted by Gasteiger charge is -2.29. The molecule has 0 aromatic heterocycles. The van der Waals surface area contributed by atoms with Gasteiger partial charge < -0.3 is 9.47 Å². The largest absolute Gasteiger partial charge is 0.459 e. The smallest absolute Gasteiger partial charge is 0.333 e. The maximum Gasteiger partial charge on any atom is 0.333 e. The van der Waals surface area contributed by atoms with Gasteiger partial charge in [-0.2, -0.15) is 0 Å². The summed E-state index contributed by atoms with van der Waals surface area (Å²) in [6.07, 6.45) is 15.3. The highest BCUT2D eigenvalue weighted by atomic mass is 16.6. The molecule has 0 aliphatic heterocycles. The first-order valence-corrected chi connectivity index (χ1v) is 11.8. The zero-order valence-corrected chi connectivity index (χ0v) is 19.2. The lowest BCUT2D eigenvalue weighted by molar-refractivity contribution is -0.146.